The fourth-order valence-electron chi connectivity index (χ4n) is 3.64. The first-order valence-corrected chi connectivity index (χ1v) is 10.1. The molecule has 0 aliphatic carbocycles. The summed E-state index contributed by atoms with van der Waals surface area (Å²) in [4.78, 5) is 39.5. The van der Waals surface area contributed by atoms with Crippen molar-refractivity contribution in [3.63, 3.8) is 0 Å². The maximum atomic E-state index is 12.9. The average Bonchev–Trinajstić information content (AvgIpc) is 3.02. The highest BCUT2D eigenvalue weighted by Crippen LogP contribution is 2.40. The van der Waals surface area contributed by atoms with Gasteiger partial charge in [0.1, 0.15) is 5.76 Å². The number of nitrogens with zero attached hydrogens (tertiary/aromatic N) is 3. The number of amides is 1. The van der Waals surface area contributed by atoms with Crippen molar-refractivity contribution >= 4 is 28.8 Å². The summed E-state index contributed by atoms with van der Waals surface area (Å²) < 4.78 is 0. The molecule has 162 valence electrons. The largest absolute Gasteiger partial charge is 0.507 e. The number of carbonyl (C=O) groups excluding carboxylic acids is 2. The monoisotopic (exact) mass is 423 g/mol. The molecule has 0 spiro atoms. The maximum Gasteiger partial charge on any atom is 0.295 e. The van der Waals surface area contributed by atoms with Crippen LogP contribution < -0.4 is 4.90 Å². The molecule has 31 heavy (non-hydrogen) atoms. The van der Waals surface area contributed by atoms with Gasteiger partial charge in [0.25, 0.3) is 17.4 Å². The molecule has 0 bridgehead atoms. The van der Waals surface area contributed by atoms with Crippen LogP contribution in [0.3, 0.4) is 0 Å². The molecule has 1 atom stereocenters. The summed E-state index contributed by atoms with van der Waals surface area (Å²) >= 11 is 0. The van der Waals surface area contributed by atoms with E-state index in [1.165, 1.54) is 29.2 Å². The maximum absolute atomic E-state index is 12.9. The SMILES string of the molecule is CCCCN1C(=O)C(=O)/C(=C(/O)c2ccc([N+](=O)[O-])cc2)C1c1ccc(N(C)C)cc1. The lowest BCUT2D eigenvalue weighted by molar-refractivity contribution is -0.384. The van der Waals surface area contributed by atoms with E-state index in [0.717, 1.165) is 18.5 Å². The normalized spacial score (nSPS) is 17.8. The minimum absolute atomic E-state index is 0.00689. The minimum Gasteiger partial charge on any atom is -0.507 e. The van der Waals surface area contributed by atoms with E-state index in [9.17, 15) is 24.8 Å². The Labute approximate surface area is 180 Å². The number of aliphatic hydroxyl groups is 1. The quantitative estimate of drug-likeness (QED) is 0.238. The Morgan fingerprint density at radius 2 is 1.71 bits per heavy atom. The zero-order valence-electron chi connectivity index (χ0n) is 17.7. The van der Waals surface area contributed by atoms with Crippen molar-refractivity contribution in [3.8, 4) is 0 Å². The van der Waals surface area contributed by atoms with Crippen molar-refractivity contribution in [2.75, 3.05) is 25.5 Å². The Hall–Kier alpha value is -3.68. The average molecular weight is 423 g/mol. The second-order valence-corrected chi connectivity index (χ2v) is 7.64. The van der Waals surface area contributed by atoms with Crippen LogP contribution in [-0.2, 0) is 9.59 Å². The number of rotatable bonds is 7. The smallest absolute Gasteiger partial charge is 0.295 e. The standard InChI is InChI=1S/C23H25N3O5/c1-4-5-14-25-20(15-6-10-17(11-7-15)24(2)3)19(22(28)23(25)29)21(27)16-8-12-18(13-9-16)26(30)31/h6-13,20,27H,4-5,14H2,1-3H3/b21-19+. The van der Waals surface area contributed by atoms with Crippen LogP contribution in [0.5, 0.6) is 0 Å². The van der Waals surface area contributed by atoms with Crippen molar-refractivity contribution in [2.24, 2.45) is 0 Å². The molecule has 0 radical (unpaired) electrons. The molecule has 8 nitrogen and oxygen atoms in total. The number of hydrogen-bond acceptors (Lipinski definition) is 6. The third kappa shape index (κ3) is 4.28. The highest BCUT2D eigenvalue weighted by molar-refractivity contribution is 6.46. The molecule has 2 aromatic carbocycles. The molecule has 1 saturated heterocycles. The van der Waals surface area contributed by atoms with E-state index >= 15 is 0 Å². The number of likely N-dealkylation sites (tertiary alicyclic amines) is 1. The van der Waals surface area contributed by atoms with Crippen LogP contribution in [0.25, 0.3) is 5.76 Å². The van der Waals surface area contributed by atoms with Gasteiger partial charge in [-0.15, -0.1) is 0 Å². The topological polar surface area (TPSA) is 104 Å². The number of nitro benzene ring substituents is 1. The van der Waals surface area contributed by atoms with E-state index in [0.29, 0.717) is 12.1 Å². The van der Waals surface area contributed by atoms with Crippen molar-refractivity contribution in [2.45, 2.75) is 25.8 Å². The fourth-order valence-corrected chi connectivity index (χ4v) is 3.64. The van der Waals surface area contributed by atoms with E-state index in [4.69, 9.17) is 0 Å². The van der Waals surface area contributed by atoms with Gasteiger partial charge in [0, 0.05) is 44.0 Å². The van der Waals surface area contributed by atoms with Crippen LogP contribution in [0.4, 0.5) is 11.4 Å². The summed E-state index contributed by atoms with van der Waals surface area (Å²) in [7, 11) is 3.83. The van der Waals surface area contributed by atoms with Crippen LogP contribution >= 0.6 is 0 Å². The molecule has 1 unspecified atom stereocenters. The van der Waals surface area contributed by atoms with Crippen molar-refractivity contribution < 1.29 is 19.6 Å². The molecule has 8 heteroatoms. The Balaban J connectivity index is 2.12. The molecule has 0 aromatic heterocycles. The predicted octanol–water partition coefficient (Wildman–Crippen LogP) is 3.88. The number of ketones is 1. The highest BCUT2D eigenvalue weighted by atomic mass is 16.6. The van der Waals surface area contributed by atoms with Gasteiger partial charge in [-0.3, -0.25) is 19.7 Å². The van der Waals surface area contributed by atoms with Crippen LogP contribution in [0.15, 0.2) is 54.1 Å². The van der Waals surface area contributed by atoms with E-state index in [-0.39, 0.29) is 22.6 Å². The first-order chi connectivity index (χ1) is 14.8. The summed E-state index contributed by atoms with van der Waals surface area (Å²) in [5, 5.41) is 21.9. The molecular weight excluding hydrogens is 398 g/mol. The van der Waals surface area contributed by atoms with Crippen LogP contribution in [-0.4, -0.2) is 47.3 Å². The van der Waals surface area contributed by atoms with Crippen LogP contribution in [0.2, 0.25) is 0 Å². The lowest BCUT2D eigenvalue weighted by Gasteiger charge is -2.25. The molecular formula is C23H25N3O5. The lowest BCUT2D eigenvalue weighted by Crippen LogP contribution is -2.30. The number of unbranched alkanes of at least 4 members (excludes halogenated alkanes) is 1. The molecule has 1 heterocycles. The molecule has 1 amide bonds. The number of hydrogen-bond donors (Lipinski definition) is 1. The first-order valence-electron chi connectivity index (χ1n) is 10.1. The minimum atomic E-state index is -0.756. The van der Waals surface area contributed by atoms with Crippen LogP contribution in [0, 0.1) is 10.1 Å². The summed E-state index contributed by atoms with van der Waals surface area (Å²) in [5.41, 5.74) is 1.78. The second kappa shape index (κ2) is 8.99. The van der Waals surface area contributed by atoms with Gasteiger partial charge < -0.3 is 14.9 Å². The van der Waals surface area contributed by atoms with Crippen molar-refractivity contribution in [1.29, 1.82) is 0 Å². The van der Waals surface area contributed by atoms with Gasteiger partial charge in [0.2, 0.25) is 0 Å². The van der Waals surface area contributed by atoms with Gasteiger partial charge in [0.05, 0.1) is 16.5 Å². The van der Waals surface area contributed by atoms with Gasteiger partial charge in [0.15, 0.2) is 0 Å². The van der Waals surface area contributed by atoms with Gasteiger partial charge in [-0.05, 0) is 36.2 Å². The number of carbonyl (C=O) groups is 2. The van der Waals surface area contributed by atoms with Crippen molar-refractivity contribution in [3.05, 3.63) is 75.3 Å². The zero-order chi connectivity index (χ0) is 22.7. The van der Waals surface area contributed by atoms with Gasteiger partial charge in [-0.25, -0.2) is 0 Å². The molecule has 0 saturated carbocycles. The number of benzene rings is 2. The Morgan fingerprint density at radius 1 is 1.10 bits per heavy atom. The van der Waals surface area contributed by atoms with Crippen molar-refractivity contribution in [1.82, 2.24) is 4.90 Å². The first kappa shape index (κ1) is 22.0. The van der Waals surface area contributed by atoms with E-state index in [1.54, 1.807) is 0 Å². The number of Topliss-reactive ketones (excluding diaryl/α,β-unsaturated/α-hetero) is 1. The van der Waals surface area contributed by atoms with E-state index in [1.807, 2.05) is 50.2 Å². The lowest BCUT2D eigenvalue weighted by atomic mass is 9.95. The van der Waals surface area contributed by atoms with Gasteiger partial charge in [-0.1, -0.05) is 25.5 Å². The predicted molar refractivity (Wildman–Crippen MR) is 118 cm³/mol. The molecule has 1 aliphatic rings. The number of nitro groups is 1. The van der Waals surface area contributed by atoms with E-state index in [2.05, 4.69) is 0 Å². The van der Waals surface area contributed by atoms with E-state index < -0.39 is 22.7 Å². The summed E-state index contributed by atoms with van der Waals surface area (Å²) in [6.45, 7) is 2.38. The van der Waals surface area contributed by atoms with Gasteiger partial charge in [-0.2, -0.15) is 0 Å². The number of aliphatic hydroxyl groups excluding tert-OH is 1. The molecule has 1 aliphatic heterocycles. The molecule has 1 fully saturated rings. The molecule has 3 rings (SSSR count). The Morgan fingerprint density at radius 3 is 2.23 bits per heavy atom. The number of anilines is 1. The Bertz CT molecular complexity index is 1030. The highest BCUT2D eigenvalue weighted by Gasteiger charge is 2.45. The third-order valence-corrected chi connectivity index (χ3v) is 5.37. The summed E-state index contributed by atoms with van der Waals surface area (Å²) in [6, 6.07) is 12.0. The fraction of sp³-hybridized carbons (Fsp3) is 0.304. The third-order valence-electron chi connectivity index (χ3n) is 5.37. The Kier molecular flexibility index (Phi) is 6.39. The molecule has 2 aromatic rings. The molecule has 1 N–H and O–H groups in total. The second-order valence-electron chi connectivity index (χ2n) is 7.64. The number of non-ortho nitro benzene ring substituents is 1. The summed E-state index contributed by atoms with van der Waals surface area (Å²) in [6.07, 6.45) is 1.56. The van der Waals surface area contributed by atoms with Gasteiger partial charge >= 0.3 is 0 Å². The zero-order valence-corrected chi connectivity index (χ0v) is 17.7. The summed E-state index contributed by atoms with van der Waals surface area (Å²) in [5.74, 6) is -1.75. The van der Waals surface area contributed by atoms with Crippen LogP contribution in [0.1, 0.15) is 36.9 Å².